The predicted molar refractivity (Wildman–Crippen MR) is 112 cm³/mol. The van der Waals surface area contributed by atoms with E-state index >= 15 is 0 Å². The van der Waals surface area contributed by atoms with Crippen molar-refractivity contribution in [2.24, 2.45) is 0 Å². The smallest absolute Gasteiger partial charge is 0.244 e. The van der Waals surface area contributed by atoms with E-state index in [9.17, 15) is 4.79 Å². The number of methoxy groups -OCH3 is 1. The van der Waals surface area contributed by atoms with E-state index in [2.05, 4.69) is 22.3 Å². The van der Waals surface area contributed by atoms with Gasteiger partial charge in [0.05, 0.1) is 7.11 Å². The van der Waals surface area contributed by atoms with E-state index in [-0.39, 0.29) is 11.9 Å². The third kappa shape index (κ3) is 4.45. The van der Waals surface area contributed by atoms with Gasteiger partial charge in [0.1, 0.15) is 5.75 Å². The molecule has 4 nitrogen and oxygen atoms in total. The van der Waals surface area contributed by atoms with Crippen molar-refractivity contribution < 1.29 is 9.53 Å². The van der Waals surface area contributed by atoms with Crippen molar-refractivity contribution in [1.29, 1.82) is 0 Å². The summed E-state index contributed by atoms with van der Waals surface area (Å²) in [7, 11) is 1.70. The molecule has 0 spiro atoms. The molecule has 2 aliphatic rings. The van der Waals surface area contributed by atoms with Crippen molar-refractivity contribution >= 4 is 12.0 Å². The number of piperidine rings is 1. The number of amides is 1. The molecule has 1 N–H and O–H groups in total. The first-order valence-electron chi connectivity index (χ1n) is 10.1. The van der Waals surface area contributed by atoms with E-state index in [4.69, 9.17) is 4.74 Å². The normalized spacial score (nSPS) is 24.4. The largest absolute Gasteiger partial charge is 0.497 e. The van der Waals surface area contributed by atoms with Gasteiger partial charge in [0, 0.05) is 30.7 Å². The molecule has 2 aromatic rings. The minimum atomic E-state index is 0.0110. The monoisotopic (exact) mass is 376 g/mol. The average Bonchev–Trinajstić information content (AvgIpc) is 2.96. The zero-order valence-corrected chi connectivity index (χ0v) is 16.4. The van der Waals surface area contributed by atoms with Crippen molar-refractivity contribution in [3.05, 3.63) is 71.8 Å². The number of carbonyl (C=O) groups is 1. The lowest BCUT2D eigenvalue weighted by molar-refractivity contribution is -0.117. The Balaban J connectivity index is 1.31. The summed E-state index contributed by atoms with van der Waals surface area (Å²) in [6.07, 6.45) is 8.07. The molecule has 1 amide bonds. The predicted octanol–water partition coefficient (Wildman–Crippen LogP) is 4.02. The lowest BCUT2D eigenvalue weighted by Crippen LogP contribution is -2.49. The number of hydrogen-bond donors (Lipinski definition) is 1. The van der Waals surface area contributed by atoms with Gasteiger partial charge < -0.3 is 10.1 Å². The van der Waals surface area contributed by atoms with E-state index in [0.29, 0.717) is 12.1 Å². The summed E-state index contributed by atoms with van der Waals surface area (Å²) in [6, 6.07) is 19.7. The number of nitrogens with one attached hydrogen (secondary N) is 1. The molecule has 4 heteroatoms. The van der Waals surface area contributed by atoms with E-state index < -0.39 is 0 Å². The van der Waals surface area contributed by atoms with E-state index in [1.54, 1.807) is 13.2 Å². The van der Waals surface area contributed by atoms with Gasteiger partial charge in [-0.1, -0.05) is 42.5 Å². The number of fused-ring (bicyclic) bond motifs is 2. The Morgan fingerprint density at radius 3 is 2.39 bits per heavy atom. The molecule has 28 heavy (non-hydrogen) atoms. The number of rotatable bonds is 6. The van der Waals surface area contributed by atoms with Gasteiger partial charge in [-0.25, -0.2) is 0 Å². The second-order valence-electron chi connectivity index (χ2n) is 7.83. The highest BCUT2D eigenvalue weighted by atomic mass is 16.5. The summed E-state index contributed by atoms with van der Waals surface area (Å²) in [5.74, 6) is 0.911. The van der Waals surface area contributed by atoms with Crippen LogP contribution in [-0.4, -0.2) is 36.0 Å². The van der Waals surface area contributed by atoms with Crippen LogP contribution < -0.4 is 10.1 Å². The summed E-state index contributed by atoms with van der Waals surface area (Å²) in [6.45, 7) is 0.980. The molecule has 2 aromatic carbocycles. The van der Waals surface area contributed by atoms with Gasteiger partial charge in [-0.2, -0.15) is 0 Å². The first-order chi connectivity index (χ1) is 13.7. The van der Waals surface area contributed by atoms with Crippen LogP contribution in [0.15, 0.2) is 60.7 Å². The average molecular weight is 377 g/mol. The van der Waals surface area contributed by atoms with Crippen LogP contribution >= 0.6 is 0 Å². The molecule has 3 atom stereocenters. The first kappa shape index (κ1) is 18.8. The number of carbonyl (C=O) groups excluding carboxylic acids is 1. The van der Waals surface area contributed by atoms with Crippen molar-refractivity contribution in [1.82, 2.24) is 10.2 Å². The number of hydrogen-bond acceptors (Lipinski definition) is 3. The minimum Gasteiger partial charge on any atom is -0.497 e. The van der Waals surface area contributed by atoms with E-state index in [1.165, 1.54) is 18.4 Å². The number of nitrogens with zero attached hydrogens (tertiary/aromatic N) is 1. The Hall–Kier alpha value is -2.59. The summed E-state index contributed by atoms with van der Waals surface area (Å²) in [4.78, 5) is 15.0. The lowest BCUT2D eigenvalue weighted by Gasteiger charge is -2.39. The topological polar surface area (TPSA) is 41.6 Å². The molecule has 0 saturated carbocycles. The van der Waals surface area contributed by atoms with Crippen molar-refractivity contribution in [2.75, 3.05) is 7.11 Å². The highest BCUT2D eigenvalue weighted by Crippen LogP contribution is 2.37. The molecule has 0 radical (unpaired) electrons. The lowest BCUT2D eigenvalue weighted by atomic mass is 9.96. The third-order valence-corrected chi connectivity index (χ3v) is 5.98. The van der Waals surface area contributed by atoms with Crippen molar-refractivity contribution in [2.45, 2.75) is 50.4 Å². The van der Waals surface area contributed by atoms with Gasteiger partial charge in [-0.15, -0.1) is 0 Å². The van der Waals surface area contributed by atoms with Gasteiger partial charge in [0.2, 0.25) is 5.91 Å². The van der Waals surface area contributed by atoms with E-state index in [0.717, 1.165) is 30.7 Å². The first-order valence-corrected chi connectivity index (χ1v) is 10.1. The maximum atomic E-state index is 12.3. The molecular formula is C24H28N2O2. The summed E-state index contributed by atoms with van der Waals surface area (Å²) in [5.41, 5.74) is 2.37. The molecule has 1 unspecified atom stereocenters. The molecule has 146 valence electrons. The van der Waals surface area contributed by atoms with Crippen molar-refractivity contribution in [3.8, 4) is 5.75 Å². The fourth-order valence-electron chi connectivity index (χ4n) is 4.58. The van der Waals surface area contributed by atoms with Gasteiger partial charge in [-0.3, -0.25) is 9.69 Å². The molecular weight excluding hydrogens is 348 g/mol. The molecule has 0 aromatic heterocycles. The Bertz CT molecular complexity index is 802. The van der Waals surface area contributed by atoms with Crippen LogP contribution in [0, 0.1) is 0 Å². The van der Waals surface area contributed by atoms with Crippen LogP contribution in [-0.2, 0) is 11.3 Å². The number of benzene rings is 2. The van der Waals surface area contributed by atoms with Crippen molar-refractivity contribution in [3.63, 3.8) is 0 Å². The maximum Gasteiger partial charge on any atom is 0.244 e. The fourth-order valence-corrected chi connectivity index (χ4v) is 4.58. The molecule has 0 aliphatic carbocycles. The fraction of sp³-hybridized carbons (Fsp3) is 0.375. The minimum absolute atomic E-state index is 0.0110. The third-order valence-electron chi connectivity index (χ3n) is 5.98. The molecule has 2 bridgehead atoms. The SMILES string of the molecule is COc1ccc(CN2[C@@H]3CC[C@H]2CC(NC(=O)/C=C/c2ccccc2)C3)cc1. The zero-order chi connectivity index (χ0) is 19.3. The second-order valence-corrected chi connectivity index (χ2v) is 7.83. The highest BCUT2D eigenvalue weighted by Gasteiger charge is 2.40. The van der Waals surface area contributed by atoms with Crippen LogP contribution in [0.3, 0.4) is 0 Å². The summed E-state index contributed by atoms with van der Waals surface area (Å²) in [5, 5.41) is 3.22. The van der Waals surface area contributed by atoms with Crippen LogP contribution in [0.5, 0.6) is 5.75 Å². The summed E-state index contributed by atoms with van der Waals surface area (Å²) < 4.78 is 5.25. The van der Waals surface area contributed by atoms with E-state index in [1.807, 2.05) is 48.5 Å². The molecule has 2 aliphatic heterocycles. The summed E-state index contributed by atoms with van der Waals surface area (Å²) >= 11 is 0. The number of ether oxygens (including phenoxy) is 1. The van der Waals surface area contributed by atoms with Gasteiger partial charge in [0.15, 0.2) is 0 Å². The standard InChI is InChI=1S/C24H28N2O2/c1-28-23-12-7-19(8-13-23)17-26-21-10-11-22(26)16-20(15-21)25-24(27)14-9-18-5-3-2-4-6-18/h2-9,12-14,20-22H,10-11,15-17H2,1H3,(H,25,27)/b14-9+/t20?,21-,22+. The Morgan fingerprint density at radius 1 is 1.07 bits per heavy atom. The van der Waals surface area contributed by atoms with Crippen LogP contribution in [0.1, 0.15) is 36.8 Å². The molecule has 2 saturated heterocycles. The maximum absolute atomic E-state index is 12.3. The Labute approximate surface area is 167 Å². The highest BCUT2D eigenvalue weighted by molar-refractivity contribution is 5.91. The van der Waals surface area contributed by atoms with Crippen LogP contribution in [0.2, 0.25) is 0 Å². The Morgan fingerprint density at radius 2 is 1.75 bits per heavy atom. The second kappa shape index (κ2) is 8.61. The Kier molecular flexibility index (Phi) is 5.77. The molecule has 4 rings (SSSR count). The molecule has 2 fully saturated rings. The molecule has 2 heterocycles. The zero-order valence-electron chi connectivity index (χ0n) is 16.4. The van der Waals surface area contributed by atoms with Crippen LogP contribution in [0.25, 0.3) is 6.08 Å². The van der Waals surface area contributed by atoms with Gasteiger partial charge in [-0.05, 0) is 55.0 Å². The van der Waals surface area contributed by atoms with Gasteiger partial charge in [0.25, 0.3) is 0 Å². The van der Waals surface area contributed by atoms with Crippen LogP contribution in [0.4, 0.5) is 0 Å². The quantitative estimate of drug-likeness (QED) is 0.774. The van der Waals surface area contributed by atoms with Gasteiger partial charge >= 0.3 is 0 Å².